The van der Waals surface area contributed by atoms with Crippen LogP contribution in [0.3, 0.4) is 0 Å². The minimum Gasteiger partial charge on any atom is -0.327 e. The number of likely N-dealkylation sites (N-methyl/N-ethyl adjacent to an activating group) is 1. The van der Waals surface area contributed by atoms with Gasteiger partial charge in [-0.2, -0.15) is 0 Å². The van der Waals surface area contributed by atoms with Gasteiger partial charge in [-0.3, -0.25) is 14.4 Å². The molecule has 29 heavy (non-hydrogen) atoms. The largest absolute Gasteiger partial charge is 0.327 e. The molecule has 152 valence electrons. The molecular weight excluding hydrogens is 364 g/mol. The van der Waals surface area contributed by atoms with E-state index >= 15 is 0 Å². The van der Waals surface area contributed by atoms with Crippen LogP contribution in [0.4, 0.5) is 0 Å². The molecule has 1 aliphatic rings. The van der Waals surface area contributed by atoms with E-state index in [1.807, 2.05) is 49.3 Å². The highest BCUT2D eigenvalue weighted by molar-refractivity contribution is 6.44. The lowest BCUT2D eigenvalue weighted by Gasteiger charge is -2.28. The summed E-state index contributed by atoms with van der Waals surface area (Å²) in [5, 5.41) is 0. The van der Waals surface area contributed by atoms with E-state index in [0.29, 0.717) is 24.6 Å². The lowest BCUT2D eigenvalue weighted by Crippen LogP contribution is -2.36. The Morgan fingerprint density at radius 2 is 1.62 bits per heavy atom. The predicted molar refractivity (Wildman–Crippen MR) is 113 cm³/mol. The van der Waals surface area contributed by atoms with Crippen LogP contribution in [0.25, 0.3) is 0 Å². The first kappa shape index (κ1) is 20.9. The predicted octanol–water partition coefficient (Wildman–Crippen LogP) is 3.32. The Bertz CT molecular complexity index is 888. The van der Waals surface area contributed by atoms with E-state index in [4.69, 9.17) is 0 Å². The Balaban J connectivity index is 2.03. The summed E-state index contributed by atoms with van der Waals surface area (Å²) in [5.74, 6) is -2.12. The molecule has 0 saturated carbocycles. The molecular formula is C24H28N2O3. The summed E-state index contributed by atoms with van der Waals surface area (Å²) >= 11 is 0. The van der Waals surface area contributed by atoms with Gasteiger partial charge in [0.05, 0.1) is 6.04 Å². The molecule has 2 atom stereocenters. The van der Waals surface area contributed by atoms with Crippen LogP contribution in [0.2, 0.25) is 0 Å². The van der Waals surface area contributed by atoms with Crippen molar-refractivity contribution in [1.29, 1.82) is 0 Å². The molecule has 1 heterocycles. The number of amides is 1. The van der Waals surface area contributed by atoms with Crippen molar-refractivity contribution in [3.63, 3.8) is 0 Å². The molecule has 0 N–H and O–H groups in total. The van der Waals surface area contributed by atoms with Crippen molar-refractivity contribution in [1.82, 2.24) is 9.80 Å². The second-order valence-electron chi connectivity index (χ2n) is 8.14. The summed E-state index contributed by atoms with van der Waals surface area (Å²) in [5.41, 5.74) is 2.45. The summed E-state index contributed by atoms with van der Waals surface area (Å²) < 4.78 is 0. The highest BCUT2D eigenvalue weighted by atomic mass is 16.2. The molecule has 0 aromatic heterocycles. The van der Waals surface area contributed by atoms with Gasteiger partial charge in [-0.05, 0) is 31.1 Å². The summed E-state index contributed by atoms with van der Waals surface area (Å²) in [4.78, 5) is 42.5. The van der Waals surface area contributed by atoms with Crippen molar-refractivity contribution >= 4 is 17.5 Å². The molecule has 1 fully saturated rings. The first-order valence-corrected chi connectivity index (χ1v) is 10.00. The molecule has 0 aliphatic carbocycles. The standard InChI is InChI=1S/C24H28N2O3/c1-16(2)17-10-12-18(13-11-17)21-20(22(27)19-8-6-5-7-9-19)23(28)24(29)26(21)15-14-25(3)4/h5-13,16,20-21H,14-15H2,1-4H3. The lowest BCUT2D eigenvalue weighted by molar-refractivity contribution is -0.140. The van der Waals surface area contributed by atoms with Crippen molar-refractivity contribution in [3.05, 3.63) is 71.3 Å². The molecule has 3 rings (SSSR count). The molecule has 0 radical (unpaired) electrons. The summed E-state index contributed by atoms with van der Waals surface area (Å²) in [6.45, 7) is 5.24. The Morgan fingerprint density at radius 1 is 1.00 bits per heavy atom. The molecule has 1 aliphatic heterocycles. The van der Waals surface area contributed by atoms with E-state index in [9.17, 15) is 14.4 Å². The average Bonchev–Trinajstić information content (AvgIpc) is 2.97. The van der Waals surface area contributed by atoms with Gasteiger partial charge in [-0.1, -0.05) is 68.4 Å². The van der Waals surface area contributed by atoms with E-state index in [1.165, 1.54) is 5.56 Å². The number of carbonyl (C=O) groups is 3. The Hall–Kier alpha value is -2.79. The Labute approximate surface area is 172 Å². The first-order valence-electron chi connectivity index (χ1n) is 10.00. The molecule has 1 amide bonds. The van der Waals surface area contributed by atoms with Gasteiger partial charge >= 0.3 is 0 Å². The molecule has 2 unspecified atom stereocenters. The Morgan fingerprint density at radius 3 is 2.17 bits per heavy atom. The van der Waals surface area contributed by atoms with Crippen LogP contribution in [-0.4, -0.2) is 54.5 Å². The van der Waals surface area contributed by atoms with Gasteiger partial charge in [0.15, 0.2) is 5.78 Å². The van der Waals surface area contributed by atoms with Gasteiger partial charge in [0.25, 0.3) is 5.91 Å². The smallest absolute Gasteiger partial charge is 0.291 e. The van der Waals surface area contributed by atoms with E-state index in [2.05, 4.69) is 13.8 Å². The maximum Gasteiger partial charge on any atom is 0.291 e. The zero-order valence-electron chi connectivity index (χ0n) is 17.5. The molecule has 0 spiro atoms. The van der Waals surface area contributed by atoms with E-state index < -0.39 is 23.7 Å². The molecule has 2 aromatic carbocycles. The molecule has 0 bridgehead atoms. The van der Waals surface area contributed by atoms with Crippen molar-refractivity contribution in [2.45, 2.75) is 25.8 Å². The number of benzene rings is 2. The van der Waals surface area contributed by atoms with Crippen LogP contribution in [0, 0.1) is 5.92 Å². The minimum absolute atomic E-state index is 0.297. The van der Waals surface area contributed by atoms with Crippen LogP contribution >= 0.6 is 0 Å². The van der Waals surface area contributed by atoms with Crippen LogP contribution < -0.4 is 0 Å². The number of ketones is 2. The zero-order valence-corrected chi connectivity index (χ0v) is 17.5. The maximum atomic E-state index is 13.2. The summed E-state index contributed by atoms with van der Waals surface area (Å²) in [6.07, 6.45) is 0. The third-order valence-corrected chi connectivity index (χ3v) is 5.48. The van der Waals surface area contributed by atoms with Gasteiger partial charge in [0, 0.05) is 18.7 Å². The zero-order chi connectivity index (χ0) is 21.1. The normalized spacial score (nSPS) is 19.4. The molecule has 2 aromatic rings. The highest BCUT2D eigenvalue weighted by Gasteiger charge is 2.51. The number of hydrogen-bond donors (Lipinski definition) is 0. The third-order valence-electron chi connectivity index (χ3n) is 5.48. The number of carbonyl (C=O) groups excluding carboxylic acids is 3. The van der Waals surface area contributed by atoms with Crippen LogP contribution in [0.15, 0.2) is 54.6 Å². The third kappa shape index (κ3) is 4.30. The van der Waals surface area contributed by atoms with Crippen molar-refractivity contribution in [3.8, 4) is 0 Å². The Kier molecular flexibility index (Phi) is 6.28. The van der Waals surface area contributed by atoms with E-state index in [-0.39, 0.29) is 5.78 Å². The maximum absolute atomic E-state index is 13.2. The van der Waals surface area contributed by atoms with Gasteiger partial charge in [0.2, 0.25) is 5.78 Å². The van der Waals surface area contributed by atoms with E-state index in [1.54, 1.807) is 29.2 Å². The van der Waals surface area contributed by atoms with Crippen LogP contribution in [0.5, 0.6) is 0 Å². The monoisotopic (exact) mass is 392 g/mol. The number of Topliss-reactive ketones (excluding diaryl/α,β-unsaturated/α-hetero) is 2. The number of nitrogens with zero attached hydrogens (tertiary/aromatic N) is 2. The van der Waals surface area contributed by atoms with E-state index in [0.717, 1.165) is 5.56 Å². The van der Waals surface area contributed by atoms with Crippen LogP contribution in [0.1, 0.15) is 47.3 Å². The molecule has 1 saturated heterocycles. The average molecular weight is 392 g/mol. The number of likely N-dealkylation sites (tertiary alicyclic amines) is 1. The minimum atomic E-state index is -1.02. The quantitative estimate of drug-likeness (QED) is 0.412. The van der Waals surface area contributed by atoms with Gasteiger partial charge < -0.3 is 9.80 Å². The lowest BCUT2D eigenvalue weighted by atomic mass is 9.85. The SMILES string of the molecule is CC(C)c1ccc(C2C(C(=O)c3ccccc3)C(=O)C(=O)N2CCN(C)C)cc1. The number of rotatable bonds is 7. The van der Waals surface area contributed by atoms with Crippen molar-refractivity contribution in [2.24, 2.45) is 5.92 Å². The highest BCUT2D eigenvalue weighted by Crippen LogP contribution is 2.38. The molecule has 5 heteroatoms. The fraction of sp³-hybridized carbons (Fsp3) is 0.375. The fourth-order valence-corrected chi connectivity index (χ4v) is 3.77. The first-order chi connectivity index (χ1) is 13.8. The fourth-order valence-electron chi connectivity index (χ4n) is 3.77. The topological polar surface area (TPSA) is 57.7 Å². The second kappa shape index (κ2) is 8.70. The van der Waals surface area contributed by atoms with Gasteiger partial charge in [-0.25, -0.2) is 0 Å². The van der Waals surface area contributed by atoms with Gasteiger partial charge in [-0.15, -0.1) is 0 Å². The van der Waals surface area contributed by atoms with Crippen molar-refractivity contribution < 1.29 is 14.4 Å². The van der Waals surface area contributed by atoms with Crippen LogP contribution in [-0.2, 0) is 9.59 Å². The molecule has 5 nitrogen and oxygen atoms in total. The van der Waals surface area contributed by atoms with Crippen molar-refractivity contribution in [2.75, 3.05) is 27.2 Å². The second-order valence-corrected chi connectivity index (χ2v) is 8.14. The summed E-state index contributed by atoms with van der Waals surface area (Å²) in [7, 11) is 3.84. The van der Waals surface area contributed by atoms with Gasteiger partial charge in [0.1, 0.15) is 5.92 Å². The summed E-state index contributed by atoms with van der Waals surface area (Å²) in [6, 6.07) is 16.1. The number of hydrogen-bond acceptors (Lipinski definition) is 4.